The van der Waals surface area contributed by atoms with Gasteiger partial charge in [0.1, 0.15) is 11.9 Å². The van der Waals surface area contributed by atoms with E-state index in [1.165, 1.54) is 43.1 Å². The average molecular weight is 650 g/mol. The highest BCUT2D eigenvalue weighted by Gasteiger charge is 2.45. The quantitative estimate of drug-likeness (QED) is 0.326. The van der Waals surface area contributed by atoms with Crippen LogP contribution in [0.15, 0.2) is 30.3 Å². The molecule has 47 heavy (non-hydrogen) atoms. The van der Waals surface area contributed by atoms with E-state index in [1.807, 2.05) is 4.90 Å². The van der Waals surface area contributed by atoms with Gasteiger partial charge in [-0.2, -0.15) is 9.97 Å². The number of nitrogens with one attached hydrogen (secondary N) is 2. The lowest BCUT2D eigenvalue weighted by molar-refractivity contribution is -0.121. The third-order valence-electron chi connectivity index (χ3n) is 11.4. The van der Waals surface area contributed by atoms with Crippen molar-refractivity contribution in [3.05, 3.63) is 36.2 Å². The maximum Gasteiger partial charge on any atom is 0.296 e. The molecule has 2 N–H and O–H groups in total. The number of para-hydroxylation sites is 2. The van der Waals surface area contributed by atoms with Crippen LogP contribution in [-0.2, 0) is 9.53 Å². The summed E-state index contributed by atoms with van der Waals surface area (Å²) in [5, 5.41) is 6.93. The van der Waals surface area contributed by atoms with Gasteiger partial charge in [-0.15, -0.1) is 0 Å². The standard InChI is InChI=1S/C35H45F2N7O3/c36-33(37)34-40-27-3-1-2-4-29(27)44(34)30-19-32(42-35(41-30)43-11-13-46-14-12-43)47-25-8-6-24(7-9-25)39-31(45)20-38-28-18-22-15-21-5-10-26(28)23(16-21)17-22/h1-4,19,21-26,28,33,38H,5-18,20H2,(H,39,45). The first-order chi connectivity index (χ1) is 23.0. The molecule has 5 atom stereocenters. The van der Waals surface area contributed by atoms with Crippen LogP contribution in [0, 0.1) is 23.7 Å². The van der Waals surface area contributed by atoms with Crippen molar-refractivity contribution in [2.75, 3.05) is 37.7 Å². The molecule has 0 radical (unpaired) electrons. The summed E-state index contributed by atoms with van der Waals surface area (Å²) in [6, 6.07) is 9.29. The topological polar surface area (TPSA) is 106 Å². The number of carbonyl (C=O) groups is 1. The molecule has 5 aliphatic rings. The molecule has 4 saturated carbocycles. The third-order valence-corrected chi connectivity index (χ3v) is 11.4. The van der Waals surface area contributed by atoms with Crippen molar-refractivity contribution in [1.82, 2.24) is 30.2 Å². The van der Waals surface area contributed by atoms with Crippen molar-refractivity contribution < 1.29 is 23.0 Å². The minimum absolute atomic E-state index is 0.0803. The Bertz CT molecular complexity index is 1570. The van der Waals surface area contributed by atoms with Gasteiger partial charge in [-0.1, -0.05) is 18.6 Å². The number of hydrogen-bond acceptors (Lipinski definition) is 8. The molecule has 1 aromatic carbocycles. The molecule has 3 bridgehead atoms. The molecule has 5 fully saturated rings. The van der Waals surface area contributed by atoms with Crippen LogP contribution in [0.3, 0.4) is 0 Å². The number of rotatable bonds is 9. The Balaban J connectivity index is 0.915. The normalized spacial score (nSPS) is 30.5. The van der Waals surface area contributed by atoms with E-state index in [1.54, 1.807) is 30.3 Å². The van der Waals surface area contributed by atoms with Crippen LogP contribution in [0.5, 0.6) is 5.88 Å². The molecule has 5 unspecified atom stereocenters. The fraction of sp³-hybridized carbons (Fsp3) is 0.657. The van der Waals surface area contributed by atoms with E-state index in [-0.39, 0.29) is 23.9 Å². The Morgan fingerprint density at radius 3 is 2.60 bits per heavy atom. The number of imidazole rings is 1. The molecular formula is C35H45F2N7O3. The van der Waals surface area contributed by atoms with Gasteiger partial charge in [0.15, 0.2) is 5.82 Å². The van der Waals surface area contributed by atoms with Crippen LogP contribution in [0.4, 0.5) is 14.7 Å². The lowest BCUT2D eigenvalue weighted by atomic mass is 9.56. The summed E-state index contributed by atoms with van der Waals surface area (Å²) in [4.78, 5) is 28.6. The minimum atomic E-state index is -2.79. The first-order valence-corrected chi connectivity index (χ1v) is 17.6. The van der Waals surface area contributed by atoms with Crippen LogP contribution in [-0.4, -0.2) is 76.5 Å². The Kier molecular flexibility index (Phi) is 8.72. The van der Waals surface area contributed by atoms with Gasteiger partial charge in [-0.3, -0.25) is 9.36 Å². The molecule has 8 rings (SSSR count). The van der Waals surface area contributed by atoms with E-state index in [2.05, 4.69) is 15.6 Å². The van der Waals surface area contributed by atoms with Gasteiger partial charge in [0.05, 0.1) is 30.8 Å². The second kappa shape index (κ2) is 13.3. The number of anilines is 1. The second-order valence-corrected chi connectivity index (χ2v) is 14.4. The van der Waals surface area contributed by atoms with Crippen LogP contribution >= 0.6 is 0 Å². The predicted octanol–water partition coefficient (Wildman–Crippen LogP) is 5.20. The zero-order valence-electron chi connectivity index (χ0n) is 26.8. The van der Waals surface area contributed by atoms with Gasteiger partial charge in [-0.25, -0.2) is 13.8 Å². The van der Waals surface area contributed by atoms with Crippen molar-refractivity contribution in [1.29, 1.82) is 0 Å². The van der Waals surface area contributed by atoms with E-state index in [9.17, 15) is 13.6 Å². The number of amides is 1. The summed E-state index contributed by atoms with van der Waals surface area (Å²) in [5.74, 6) is 4.17. The fourth-order valence-electron chi connectivity index (χ4n) is 9.27. The summed E-state index contributed by atoms with van der Waals surface area (Å²) in [7, 11) is 0. The number of carbonyl (C=O) groups excluding carboxylic acids is 1. The molecule has 2 aromatic heterocycles. The van der Waals surface area contributed by atoms with Crippen LogP contribution < -0.4 is 20.3 Å². The molecule has 12 heteroatoms. The van der Waals surface area contributed by atoms with Gasteiger partial charge in [-0.05, 0) is 93.6 Å². The number of benzene rings is 1. The molecule has 0 spiro atoms. The first-order valence-electron chi connectivity index (χ1n) is 17.6. The maximum absolute atomic E-state index is 14.2. The summed E-state index contributed by atoms with van der Waals surface area (Å²) in [5.41, 5.74) is 1.02. The number of morpholine rings is 1. The summed E-state index contributed by atoms with van der Waals surface area (Å²) < 4.78 is 41.8. The molecule has 1 saturated heterocycles. The van der Waals surface area contributed by atoms with Gasteiger partial charge < -0.3 is 25.0 Å². The molecular weight excluding hydrogens is 604 g/mol. The Labute approximate surface area is 274 Å². The molecule has 1 amide bonds. The number of fused-ring (bicyclic) bond motifs is 3. The minimum Gasteiger partial charge on any atom is -0.474 e. The highest BCUT2D eigenvalue weighted by atomic mass is 19.3. The van der Waals surface area contributed by atoms with E-state index < -0.39 is 6.43 Å². The molecule has 3 heterocycles. The highest BCUT2D eigenvalue weighted by Crippen LogP contribution is 2.52. The van der Waals surface area contributed by atoms with Crippen LogP contribution in [0.2, 0.25) is 0 Å². The molecule has 3 aromatic rings. The molecule has 10 nitrogen and oxygen atoms in total. The number of ether oxygens (including phenoxy) is 2. The van der Waals surface area contributed by atoms with Gasteiger partial charge in [0, 0.05) is 31.2 Å². The highest BCUT2D eigenvalue weighted by molar-refractivity contribution is 5.78. The number of hydrogen-bond donors (Lipinski definition) is 2. The van der Waals surface area contributed by atoms with E-state index in [0.717, 1.165) is 49.4 Å². The first kappa shape index (κ1) is 30.9. The lowest BCUT2D eigenvalue weighted by Crippen LogP contribution is -2.53. The van der Waals surface area contributed by atoms with Gasteiger partial charge in [0.2, 0.25) is 17.7 Å². The predicted molar refractivity (Wildman–Crippen MR) is 173 cm³/mol. The second-order valence-electron chi connectivity index (χ2n) is 14.4. The fourth-order valence-corrected chi connectivity index (χ4v) is 9.27. The smallest absolute Gasteiger partial charge is 0.296 e. The van der Waals surface area contributed by atoms with Crippen molar-refractivity contribution >= 4 is 22.9 Å². The zero-order valence-corrected chi connectivity index (χ0v) is 26.8. The summed E-state index contributed by atoms with van der Waals surface area (Å²) in [6.07, 6.45) is 8.36. The lowest BCUT2D eigenvalue weighted by Gasteiger charge is -2.52. The maximum atomic E-state index is 14.2. The van der Waals surface area contributed by atoms with Crippen molar-refractivity contribution in [3.8, 4) is 11.7 Å². The van der Waals surface area contributed by atoms with Crippen molar-refractivity contribution in [3.63, 3.8) is 0 Å². The SMILES string of the molecule is O=C(CNC1CC2CC3CCC1C(C3)C2)NC1CCC(Oc2cc(-n3c(C(F)F)nc4ccccc43)nc(N3CCOCC3)n2)CC1. The Morgan fingerprint density at radius 2 is 1.77 bits per heavy atom. The number of alkyl halides is 2. The van der Waals surface area contributed by atoms with Crippen molar-refractivity contribution in [2.45, 2.75) is 88.8 Å². The molecule has 1 aliphatic heterocycles. The monoisotopic (exact) mass is 649 g/mol. The average Bonchev–Trinajstić information content (AvgIpc) is 3.48. The number of aromatic nitrogens is 4. The Morgan fingerprint density at radius 1 is 0.957 bits per heavy atom. The van der Waals surface area contributed by atoms with E-state index >= 15 is 0 Å². The largest absolute Gasteiger partial charge is 0.474 e. The Hall–Kier alpha value is -3.38. The van der Waals surface area contributed by atoms with Gasteiger partial charge in [0.25, 0.3) is 6.43 Å². The molecule has 252 valence electrons. The van der Waals surface area contributed by atoms with E-state index in [4.69, 9.17) is 19.4 Å². The number of nitrogens with zero attached hydrogens (tertiary/aromatic N) is 5. The summed E-state index contributed by atoms with van der Waals surface area (Å²) >= 11 is 0. The zero-order chi connectivity index (χ0) is 31.9. The van der Waals surface area contributed by atoms with Crippen LogP contribution in [0.25, 0.3) is 16.9 Å². The van der Waals surface area contributed by atoms with E-state index in [0.29, 0.717) is 67.6 Å². The number of halogens is 2. The van der Waals surface area contributed by atoms with Gasteiger partial charge >= 0.3 is 0 Å². The molecule has 4 aliphatic carbocycles. The summed E-state index contributed by atoms with van der Waals surface area (Å²) in [6.45, 7) is 2.65. The third kappa shape index (κ3) is 6.55. The van der Waals surface area contributed by atoms with Crippen LogP contribution in [0.1, 0.15) is 76.5 Å². The van der Waals surface area contributed by atoms with Crippen molar-refractivity contribution in [2.24, 2.45) is 23.7 Å².